The van der Waals surface area contributed by atoms with Crippen LogP contribution in [0.25, 0.3) is 0 Å². The van der Waals surface area contributed by atoms with Gasteiger partial charge in [0, 0.05) is 13.0 Å². The SMILES string of the molecule is CCCCCCCCCC/C=C\CCCCCCCCCCCCCCCCOCC(COP(=O)(O)OCC[N+](C)(C)C)OC(=O)CCCCCCCCCCCCCCCCCCCCCCCC. The first-order valence-electron chi connectivity index (χ1n) is 30.9. The number of rotatable bonds is 59. The lowest BCUT2D eigenvalue weighted by atomic mass is 10.0. The third-order valence-corrected chi connectivity index (χ3v) is 15.1. The van der Waals surface area contributed by atoms with Crippen LogP contribution in [0.4, 0.5) is 0 Å². The van der Waals surface area contributed by atoms with Crippen LogP contribution in [0.5, 0.6) is 0 Å². The summed E-state index contributed by atoms with van der Waals surface area (Å²) in [6.07, 6.45) is 65.8. The minimum Gasteiger partial charge on any atom is -0.457 e. The maximum Gasteiger partial charge on any atom is 0.472 e. The summed E-state index contributed by atoms with van der Waals surface area (Å²) in [5.41, 5.74) is 0. The number of likely N-dealkylation sites (N-methyl/N-ethyl adjacent to an activating group) is 1. The fraction of sp³-hybridized carbons (Fsp3) is 0.951. The van der Waals surface area contributed by atoms with E-state index in [9.17, 15) is 14.3 Å². The maximum absolute atomic E-state index is 12.8. The second-order valence-corrected chi connectivity index (χ2v) is 23.9. The summed E-state index contributed by atoms with van der Waals surface area (Å²) in [6, 6.07) is 0. The number of unbranched alkanes of at least 4 members (excludes halogenated alkanes) is 43. The average Bonchev–Trinajstić information content (AvgIpc) is 3.32. The summed E-state index contributed by atoms with van der Waals surface area (Å²) < 4.78 is 35.3. The predicted octanol–water partition coefficient (Wildman–Crippen LogP) is 19.7. The summed E-state index contributed by atoms with van der Waals surface area (Å²) in [5.74, 6) is -0.304. The molecule has 0 bridgehead atoms. The van der Waals surface area contributed by atoms with Crippen molar-refractivity contribution in [2.75, 3.05) is 54.1 Å². The highest BCUT2D eigenvalue weighted by Gasteiger charge is 2.26. The number of allylic oxidation sites excluding steroid dienone is 2. The molecule has 0 aromatic heterocycles. The molecule has 0 spiro atoms. The highest BCUT2D eigenvalue weighted by Crippen LogP contribution is 2.43. The van der Waals surface area contributed by atoms with Gasteiger partial charge in [0.15, 0.2) is 0 Å². The van der Waals surface area contributed by atoms with Gasteiger partial charge in [-0.3, -0.25) is 13.8 Å². The van der Waals surface area contributed by atoms with Gasteiger partial charge in [0.05, 0.1) is 34.4 Å². The Balaban J connectivity index is 3.98. The van der Waals surface area contributed by atoms with Gasteiger partial charge in [0.1, 0.15) is 19.3 Å². The molecule has 0 aromatic carbocycles. The zero-order valence-corrected chi connectivity index (χ0v) is 48.7. The molecule has 0 aliphatic rings. The Hall–Kier alpha value is -0.760. The summed E-state index contributed by atoms with van der Waals surface area (Å²) in [5, 5.41) is 0. The first-order valence-corrected chi connectivity index (χ1v) is 32.4. The molecule has 2 atom stereocenters. The Morgan fingerprint density at radius 2 is 0.743 bits per heavy atom. The molecule has 0 fully saturated rings. The highest BCUT2D eigenvalue weighted by molar-refractivity contribution is 7.47. The normalized spacial score (nSPS) is 13.4. The number of phosphoric acid groups is 1. The minimum absolute atomic E-state index is 0.0931. The molecule has 0 saturated carbocycles. The molecule has 0 rings (SSSR count). The quantitative estimate of drug-likeness (QED) is 0.0213. The maximum atomic E-state index is 12.8. The lowest BCUT2D eigenvalue weighted by Crippen LogP contribution is -2.37. The van der Waals surface area contributed by atoms with Crippen LogP contribution in [0, 0.1) is 0 Å². The largest absolute Gasteiger partial charge is 0.472 e. The number of nitrogens with zero attached hydrogens (tertiary/aromatic N) is 1. The van der Waals surface area contributed by atoms with E-state index in [1.165, 1.54) is 263 Å². The minimum atomic E-state index is -4.28. The molecule has 0 radical (unpaired) electrons. The van der Waals surface area contributed by atoms with Crippen LogP contribution in [0.15, 0.2) is 12.2 Å². The van der Waals surface area contributed by atoms with Gasteiger partial charge in [0.2, 0.25) is 0 Å². The van der Waals surface area contributed by atoms with Gasteiger partial charge >= 0.3 is 13.8 Å². The highest BCUT2D eigenvalue weighted by atomic mass is 31.2. The van der Waals surface area contributed by atoms with Crippen LogP contribution >= 0.6 is 7.82 Å². The van der Waals surface area contributed by atoms with Crippen LogP contribution < -0.4 is 0 Å². The first kappa shape index (κ1) is 69.2. The number of esters is 1. The lowest BCUT2D eigenvalue weighted by Gasteiger charge is -2.24. The smallest absolute Gasteiger partial charge is 0.457 e. The molecule has 8 nitrogen and oxygen atoms in total. The Labute approximate surface area is 437 Å². The fourth-order valence-electron chi connectivity index (χ4n) is 9.32. The zero-order chi connectivity index (χ0) is 51.2. The van der Waals surface area contributed by atoms with Crippen molar-refractivity contribution >= 4 is 13.8 Å². The van der Waals surface area contributed by atoms with Crippen LogP contribution in [-0.2, 0) is 27.9 Å². The second kappa shape index (κ2) is 54.5. The van der Waals surface area contributed by atoms with Gasteiger partial charge < -0.3 is 18.9 Å². The van der Waals surface area contributed by atoms with E-state index in [1.54, 1.807) is 0 Å². The van der Waals surface area contributed by atoms with Crippen molar-refractivity contribution in [1.82, 2.24) is 0 Å². The van der Waals surface area contributed by atoms with Gasteiger partial charge in [-0.2, -0.15) is 0 Å². The summed E-state index contributed by atoms with van der Waals surface area (Å²) in [7, 11) is 1.69. The lowest BCUT2D eigenvalue weighted by molar-refractivity contribution is -0.870. The molecule has 0 aliphatic carbocycles. The molecule has 418 valence electrons. The third-order valence-electron chi connectivity index (χ3n) is 14.1. The summed E-state index contributed by atoms with van der Waals surface area (Å²) in [4.78, 5) is 23.1. The van der Waals surface area contributed by atoms with E-state index in [0.717, 1.165) is 32.1 Å². The van der Waals surface area contributed by atoms with E-state index >= 15 is 0 Å². The molecule has 1 N–H and O–H groups in total. The van der Waals surface area contributed by atoms with Gasteiger partial charge in [-0.15, -0.1) is 0 Å². The van der Waals surface area contributed by atoms with Crippen LogP contribution in [0.3, 0.4) is 0 Å². The van der Waals surface area contributed by atoms with Crippen molar-refractivity contribution in [3.63, 3.8) is 0 Å². The number of ether oxygens (including phenoxy) is 2. The van der Waals surface area contributed by atoms with Crippen molar-refractivity contribution in [3.05, 3.63) is 12.2 Å². The molecule has 0 heterocycles. The molecule has 0 saturated heterocycles. The first-order chi connectivity index (χ1) is 34.1. The predicted molar refractivity (Wildman–Crippen MR) is 303 cm³/mol. The monoisotopic (exact) mass is 1010 g/mol. The molecular weight excluding hydrogens is 890 g/mol. The Morgan fingerprint density at radius 3 is 1.09 bits per heavy atom. The van der Waals surface area contributed by atoms with E-state index in [2.05, 4.69) is 26.0 Å². The number of quaternary nitrogens is 1. The summed E-state index contributed by atoms with van der Waals surface area (Å²) >= 11 is 0. The number of carbonyl (C=O) groups is 1. The molecule has 0 amide bonds. The third kappa shape index (κ3) is 58.1. The van der Waals surface area contributed by atoms with E-state index in [1.807, 2.05) is 21.1 Å². The number of carbonyl (C=O) groups excluding carboxylic acids is 1. The van der Waals surface area contributed by atoms with Gasteiger partial charge in [0.25, 0.3) is 0 Å². The van der Waals surface area contributed by atoms with Crippen molar-refractivity contribution in [2.24, 2.45) is 0 Å². The molecule has 70 heavy (non-hydrogen) atoms. The number of phosphoric ester groups is 1. The van der Waals surface area contributed by atoms with Crippen LogP contribution in [0.1, 0.15) is 316 Å². The Kier molecular flexibility index (Phi) is 53.9. The zero-order valence-electron chi connectivity index (χ0n) is 47.8. The van der Waals surface area contributed by atoms with E-state index in [4.69, 9.17) is 18.5 Å². The van der Waals surface area contributed by atoms with Gasteiger partial charge in [-0.1, -0.05) is 283 Å². The van der Waals surface area contributed by atoms with Crippen molar-refractivity contribution in [1.29, 1.82) is 0 Å². The fourth-order valence-corrected chi connectivity index (χ4v) is 10.1. The Bertz CT molecular complexity index is 1130. The van der Waals surface area contributed by atoms with E-state index in [-0.39, 0.29) is 25.8 Å². The van der Waals surface area contributed by atoms with Crippen molar-refractivity contribution in [2.45, 2.75) is 322 Å². The van der Waals surface area contributed by atoms with E-state index < -0.39 is 13.9 Å². The molecule has 9 heteroatoms. The topological polar surface area (TPSA) is 91.3 Å². The van der Waals surface area contributed by atoms with Crippen molar-refractivity contribution in [3.8, 4) is 0 Å². The standard InChI is InChI=1S/C61H122NO7P/c1-6-8-10-12-14-16-18-20-22-24-26-28-30-31-32-33-35-37-39-41-43-45-47-49-51-53-56-66-58-60(59-68-70(64,65)67-57-55-62(3,4)5)69-61(63)54-52-50-48-46-44-42-40-38-36-34-29-27-25-23-21-19-17-15-13-11-9-7-2/h24,26,60H,6-23,25,27-59H2,1-5H3/p+1/b26-24-. The molecular formula is C61H123NO7P+. The van der Waals surface area contributed by atoms with Crippen molar-refractivity contribution < 1.29 is 37.3 Å². The average molecular weight is 1010 g/mol. The van der Waals surface area contributed by atoms with Crippen LogP contribution in [0.2, 0.25) is 0 Å². The molecule has 0 aromatic rings. The van der Waals surface area contributed by atoms with Gasteiger partial charge in [-0.25, -0.2) is 4.57 Å². The van der Waals surface area contributed by atoms with Gasteiger partial charge in [-0.05, 0) is 38.5 Å². The van der Waals surface area contributed by atoms with Crippen LogP contribution in [-0.4, -0.2) is 75.6 Å². The second-order valence-electron chi connectivity index (χ2n) is 22.4. The van der Waals surface area contributed by atoms with E-state index in [0.29, 0.717) is 24.1 Å². The Morgan fingerprint density at radius 1 is 0.429 bits per heavy atom. The number of hydrogen-bond donors (Lipinski definition) is 1. The molecule has 0 aliphatic heterocycles. The summed E-state index contributed by atoms with van der Waals surface area (Å²) in [6.45, 7) is 5.71. The number of hydrogen-bond acceptors (Lipinski definition) is 6. The molecule has 2 unspecified atom stereocenters.